The lowest BCUT2D eigenvalue weighted by Gasteiger charge is -2.42. The number of hydrogen-bond acceptors (Lipinski definition) is 2. The summed E-state index contributed by atoms with van der Waals surface area (Å²) in [5, 5.41) is 3.64. The van der Waals surface area contributed by atoms with E-state index in [9.17, 15) is 0 Å². The molecule has 2 rings (SSSR count). The molecule has 1 aliphatic heterocycles. The molecule has 0 amide bonds. The number of unbranched alkanes of at least 4 members (excludes halogenated alkanes) is 1. The van der Waals surface area contributed by atoms with E-state index in [-0.39, 0.29) is 5.54 Å². The van der Waals surface area contributed by atoms with Crippen LogP contribution in [-0.2, 0) is 6.42 Å². The third-order valence-electron chi connectivity index (χ3n) is 4.37. The number of piperazine rings is 1. The summed E-state index contributed by atoms with van der Waals surface area (Å²) in [6, 6.07) is 9.20. The molecule has 1 saturated heterocycles. The van der Waals surface area contributed by atoms with Gasteiger partial charge in [-0.3, -0.25) is 0 Å². The molecule has 1 fully saturated rings. The molecule has 1 N–H and O–H groups in total. The van der Waals surface area contributed by atoms with Crippen LogP contribution in [-0.4, -0.2) is 25.2 Å². The lowest BCUT2D eigenvalue weighted by atomic mass is 9.95. The number of hydrogen-bond donors (Lipinski definition) is 1. The van der Waals surface area contributed by atoms with E-state index in [2.05, 4.69) is 55.3 Å². The molecule has 2 nitrogen and oxygen atoms in total. The predicted octanol–water partition coefficient (Wildman–Crippen LogP) is 3.61. The van der Waals surface area contributed by atoms with Crippen LogP contribution in [0.1, 0.15) is 45.6 Å². The van der Waals surface area contributed by atoms with Gasteiger partial charge in [0, 0.05) is 30.9 Å². The van der Waals surface area contributed by atoms with E-state index in [0.29, 0.717) is 0 Å². The lowest BCUT2D eigenvalue weighted by molar-refractivity contribution is 0.314. The maximum absolute atomic E-state index is 3.64. The minimum Gasteiger partial charge on any atom is -0.368 e. The lowest BCUT2D eigenvalue weighted by Crippen LogP contribution is -2.58. The summed E-state index contributed by atoms with van der Waals surface area (Å²) in [7, 11) is 0. The van der Waals surface area contributed by atoms with E-state index in [0.717, 1.165) is 19.6 Å². The van der Waals surface area contributed by atoms with Crippen LogP contribution in [0, 0.1) is 0 Å². The first kappa shape index (κ1) is 14.4. The quantitative estimate of drug-likeness (QED) is 0.870. The van der Waals surface area contributed by atoms with Crippen LogP contribution in [0.25, 0.3) is 0 Å². The smallest absolute Gasteiger partial charge is 0.0367 e. The Bertz CT molecular complexity index is 385. The Balaban J connectivity index is 2.01. The first-order valence-corrected chi connectivity index (χ1v) is 7.76. The van der Waals surface area contributed by atoms with Crippen LogP contribution in [0.5, 0.6) is 0 Å². The molecule has 2 heteroatoms. The Labute approximate surface area is 118 Å². The summed E-state index contributed by atoms with van der Waals surface area (Å²) in [5.74, 6) is 0. The van der Waals surface area contributed by atoms with Crippen molar-refractivity contribution in [1.82, 2.24) is 5.32 Å². The second-order valence-corrected chi connectivity index (χ2v) is 6.03. The highest BCUT2D eigenvalue weighted by Crippen LogP contribution is 2.22. The summed E-state index contributed by atoms with van der Waals surface area (Å²) in [6.07, 6.45) is 4.96. The second-order valence-electron chi connectivity index (χ2n) is 6.03. The van der Waals surface area contributed by atoms with Crippen molar-refractivity contribution >= 4 is 5.69 Å². The van der Waals surface area contributed by atoms with Crippen LogP contribution in [0.15, 0.2) is 24.3 Å². The summed E-state index contributed by atoms with van der Waals surface area (Å²) < 4.78 is 0. The molecule has 1 aromatic carbocycles. The molecule has 1 aromatic rings. The fourth-order valence-corrected chi connectivity index (χ4v) is 2.76. The zero-order valence-corrected chi connectivity index (χ0v) is 12.7. The molecule has 0 aliphatic carbocycles. The van der Waals surface area contributed by atoms with E-state index in [1.165, 1.54) is 36.9 Å². The number of nitrogens with zero attached hydrogens (tertiary/aromatic N) is 1. The van der Waals surface area contributed by atoms with Gasteiger partial charge in [0.05, 0.1) is 0 Å². The molecule has 1 unspecified atom stereocenters. The van der Waals surface area contributed by atoms with Crippen LogP contribution >= 0.6 is 0 Å². The third-order valence-corrected chi connectivity index (χ3v) is 4.37. The molecular formula is C17H28N2. The monoisotopic (exact) mass is 260 g/mol. The average Bonchev–Trinajstić information content (AvgIpc) is 2.46. The van der Waals surface area contributed by atoms with Crippen molar-refractivity contribution in [2.45, 2.75) is 52.0 Å². The molecular weight excluding hydrogens is 232 g/mol. The normalized spacial score (nSPS) is 23.6. The number of nitrogens with one attached hydrogen (secondary N) is 1. The summed E-state index contributed by atoms with van der Waals surface area (Å²) >= 11 is 0. The Morgan fingerprint density at radius 3 is 2.58 bits per heavy atom. The molecule has 0 spiro atoms. The Morgan fingerprint density at radius 2 is 1.95 bits per heavy atom. The van der Waals surface area contributed by atoms with E-state index in [1.54, 1.807) is 0 Å². The molecule has 0 aromatic heterocycles. The fourth-order valence-electron chi connectivity index (χ4n) is 2.76. The molecule has 1 aliphatic rings. The molecule has 106 valence electrons. The minimum atomic E-state index is 0.263. The molecule has 1 heterocycles. The molecule has 0 saturated carbocycles. The second kappa shape index (κ2) is 6.42. The van der Waals surface area contributed by atoms with Gasteiger partial charge < -0.3 is 10.2 Å². The van der Waals surface area contributed by atoms with Crippen molar-refractivity contribution < 1.29 is 0 Å². The average molecular weight is 260 g/mol. The van der Waals surface area contributed by atoms with Crippen molar-refractivity contribution in [2.75, 3.05) is 24.5 Å². The Hall–Kier alpha value is -1.02. The number of anilines is 1. The topological polar surface area (TPSA) is 15.3 Å². The highest BCUT2D eigenvalue weighted by atomic mass is 15.2. The van der Waals surface area contributed by atoms with Crippen molar-refractivity contribution in [3.63, 3.8) is 0 Å². The van der Waals surface area contributed by atoms with Gasteiger partial charge in [-0.15, -0.1) is 0 Å². The van der Waals surface area contributed by atoms with Gasteiger partial charge in [-0.25, -0.2) is 0 Å². The Morgan fingerprint density at radius 1 is 1.21 bits per heavy atom. The molecule has 0 radical (unpaired) electrons. The van der Waals surface area contributed by atoms with Crippen molar-refractivity contribution in [3.8, 4) is 0 Å². The van der Waals surface area contributed by atoms with Crippen molar-refractivity contribution in [3.05, 3.63) is 29.8 Å². The first-order valence-electron chi connectivity index (χ1n) is 7.76. The highest BCUT2D eigenvalue weighted by molar-refractivity contribution is 5.48. The van der Waals surface area contributed by atoms with Gasteiger partial charge in [0.15, 0.2) is 0 Å². The highest BCUT2D eigenvalue weighted by Gasteiger charge is 2.28. The predicted molar refractivity (Wildman–Crippen MR) is 84.0 cm³/mol. The SMILES string of the molecule is CCCCc1ccc(N2CCNC(C)(CC)C2)cc1. The van der Waals surface area contributed by atoms with Crippen molar-refractivity contribution in [1.29, 1.82) is 0 Å². The zero-order valence-electron chi connectivity index (χ0n) is 12.7. The summed E-state index contributed by atoms with van der Waals surface area (Å²) in [5.41, 5.74) is 3.11. The van der Waals surface area contributed by atoms with E-state index >= 15 is 0 Å². The first-order chi connectivity index (χ1) is 9.17. The van der Waals surface area contributed by atoms with Gasteiger partial charge in [-0.1, -0.05) is 32.4 Å². The van der Waals surface area contributed by atoms with Gasteiger partial charge in [0.1, 0.15) is 0 Å². The van der Waals surface area contributed by atoms with E-state index < -0.39 is 0 Å². The summed E-state index contributed by atoms with van der Waals surface area (Å²) in [4.78, 5) is 2.52. The maximum atomic E-state index is 3.64. The third kappa shape index (κ3) is 3.73. The van der Waals surface area contributed by atoms with Gasteiger partial charge in [-0.05, 0) is 43.9 Å². The van der Waals surface area contributed by atoms with Gasteiger partial charge >= 0.3 is 0 Å². The molecule has 1 atom stereocenters. The zero-order chi connectivity index (χ0) is 13.7. The number of aryl methyl sites for hydroxylation is 1. The Kier molecular flexibility index (Phi) is 4.87. The number of benzene rings is 1. The van der Waals surface area contributed by atoms with Crippen LogP contribution in [0.4, 0.5) is 5.69 Å². The minimum absolute atomic E-state index is 0.263. The van der Waals surface area contributed by atoms with Crippen LogP contribution < -0.4 is 10.2 Å². The summed E-state index contributed by atoms with van der Waals surface area (Å²) in [6.45, 7) is 10.2. The van der Waals surface area contributed by atoms with E-state index in [1.807, 2.05) is 0 Å². The van der Waals surface area contributed by atoms with Gasteiger partial charge in [0.25, 0.3) is 0 Å². The molecule has 19 heavy (non-hydrogen) atoms. The maximum Gasteiger partial charge on any atom is 0.0367 e. The van der Waals surface area contributed by atoms with Gasteiger partial charge in [0.2, 0.25) is 0 Å². The van der Waals surface area contributed by atoms with Crippen LogP contribution in [0.2, 0.25) is 0 Å². The standard InChI is InChI=1S/C17H28N2/c1-4-6-7-15-8-10-16(11-9-15)19-13-12-18-17(3,5-2)14-19/h8-11,18H,4-7,12-14H2,1-3H3. The van der Waals surface area contributed by atoms with Gasteiger partial charge in [-0.2, -0.15) is 0 Å². The molecule has 0 bridgehead atoms. The van der Waals surface area contributed by atoms with E-state index in [4.69, 9.17) is 0 Å². The fraction of sp³-hybridized carbons (Fsp3) is 0.647. The number of rotatable bonds is 5. The van der Waals surface area contributed by atoms with Crippen LogP contribution in [0.3, 0.4) is 0 Å². The van der Waals surface area contributed by atoms with Crippen molar-refractivity contribution in [2.24, 2.45) is 0 Å². The largest absolute Gasteiger partial charge is 0.368 e.